The largest absolute Gasteiger partial charge is 0.372 e. The van der Waals surface area contributed by atoms with Crippen LogP contribution in [0, 0.1) is 13.8 Å². The van der Waals surface area contributed by atoms with Gasteiger partial charge in [-0.25, -0.2) is 0 Å². The average molecular weight is 453 g/mol. The molecule has 0 atom stereocenters. The molecule has 0 spiro atoms. The van der Waals surface area contributed by atoms with E-state index in [2.05, 4.69) is 136 Å². The van der Waals surface area contributed by atoms with Crippen LogP contribution in [-0.4, -0.2) is 26.2 Å². The molecular weight excluding hydrogens is 412 g/mol. The Balaban J connectivity index is 1.72. The van der Waals surface area contributed by atoms with E-state index in [4.69, 9.17) is 0 Å². The number of aryl methyl sites for hydroxylation is 2. The lowest BCUT2D eigenvalue weighted by Crippen LogP contribution is -2.21. The number of nitrogens with zero attached hydrogens (tertiary/aromatic N) is 2. The number of hydrogen-bond donors (Lipinski definition) is 0. The molecule has 0 saturated heterocycles. The Hall–Kier alpha value is -3.26. The molecule has 0 aliphatic carbocycles. The van der Waals surface area contributed by atoms with Crippen LogP contribution in [0.4, 0.5) is 11.4 Å². The van der Waals surface area contributed by atoms with Gasteiger partial charge in [-0.2, -0.15) is 0 Å². The maximum Gasteiger partial charge on any atom is 0.0366 e. The highest BCUT2D eigenvalue weighted by molar-refractivity contribution is 5.76. The second kappa shape index (κ2) is 12.3. The number of hydrogen-bond acceptors (Lipinski definition) is 2. The third-order valence-corrected chi connectivity index (χ3v) is 6.61. The smallest absolute Gasteiger partial charge is 0.0366 e. The topological polar surface area (TPSA) is 6.48 Å². The highest BCUT2D eigenvalue weighted by Crippen LogP contribution is 2.22. The zero-order valence-electron chi connectivity index (χ0n) is 21.8. The normalized spacial score (nSPS) is 11.5. The Morgan fingerprint density at radius 1 is 0.500 bits per heavy atom. The van der Waals surface area contributed by atoms with Crippen LogP contribution in [-0.2, 0) is 0 Å². The van der Waals surface area contributed by atoms with Crippen molar-refractivity contribution in [2.45, 2.75) is 41.5 Å². The van der Waals surface area contributed by atoms with Crippen molar-refractivity contribution in [2.24, 2.45) is 0 Å². The number of benzene rings is 3. The molecule has 0 aliphatic heterocycles. The van der Waals surface area contributed by atoms with Gasteiger partial charge in [-0.1, -0.05) is 60.7 Å². The summed E-state index contributed by atoms with van der Waals surface area (Å²) in [5, 5.41) is 0. The molecule has 0 amide bonds. The van der Waals surface area contributed by atoms with Crippen LogP contribution >= 0.6 is 0 Å². The average Bonchev–Trinajstić information content (AvgIpc) is 2.86. The minimum atomic E-state index is 1.03. The van der Waals surface area contributed by atoms with Gasteiger partial charge in [-0.05, 0) is 99.2 Å². The maximum atomic E-state index is 2.37. The molecule has 3 rings (SSSR count). The van der Waals surface area contributed by atoms with Crippen molar-refractivity contribution in [1.29, 1.82) is 0 Å². The van der Waals surface area contributed by atoms with Gasteiger partial charge in [-0.3, -0.25) is 0 Å². The molecule has 34 heavy (non-hydrogen) atoms. The van der Waals surface area contributed by atoms with Crippen LogP contribution in [0.1, 0.15) is 61.1 Å². The molecule has 0 saturated carbocycles. The molecular formula is C32H40N2. The molecule has 0 aliphatic rings. The first kappa shape index (κ1) is 25.4. The molecule has 0 aromatic heterocycles. The van der Waals surface area contributed by atoms with Crippen LogP contribution in [0.2, 0.25) is 0 Å². The highest BCUT2D eigenvalue weighted by atomic mass is 15.1. The quantitative estimate of drug-likeness (QED) is 0.285. The first-order chi connectivity index (χ1) is 16.5. The summed E-state index contributed by atoms with van der Waals surface area (Å²) in [6.07, 6.45) is 8.88. The summed E-state index contributed by atoms with van der Waals surface area (Å²) >= 11 is 0. The van der Waals surface area contributed by atoms with Crippen molar-refractivity contribution < 1.29 is 0 Å². The molecule has 2 heteroatoms. The third kappa shape index (κ3) is 6.41. The first-order valence-corrected chi connectivity index (χ1v) is 12.7. The fourth-order valence-corrected chi connectivity index (χ4v) is 4.36. The van der Waals surface area contributed by atoms with Gasteiger partial charge >= 0.3 is 0 Å². The second-order valence-corrected chi connectivity index (χ2v) is 8.76. The van der Waals surface area contributed by atoms with Crippen molar-refractivity contribution in [2.75, 3.05) is 36.0 Å². The Morgan fingerprint density at radius 3 is 1.12 bits per heavy atom. The van der Waals surface area contributed by atoms with Gasteiger partial charge in [0.25, 0.3) is 0 Å². The molecule has 0 heterocycles. The fraction of sp³-hybridized carbons (Fsp3) is 0.312. The van der Waals surface area contributed by atoms with Gasteiger partial charge in [-0.15, -0.1) is 0 Å². The van der Waals surface area contributed by atoms with Gasteiger partial charge in [0.1, 0.15) is 0 Å². The van der Waals surface area contributed by atoms with E-state index in [-0.39, 0.29) is 0 Å². The van der Waals surface area contributed by atoms with E-state index in [1.807, 2.05) is 0 Å². The van der Waals surface area contributed by atoms with Gasteiger partial charge in [0, 0.05) is 37.6 Å². The fourth-order valence-electron chi connectivity index (χ4n) is 4.36. The molecule has 0 fully saturated rings. The molecule has 0 unspecified atom stereocenters. The Kier molecular flexibility index (Phi) is 9.16. The van der Waals surface area contributed by atoms with Gasteiger partial charge in [0.2, 0.25) is 0 Å². The minimum Gasteiger partial charge on any atom is -0.372 e. The Morgan fingerprint density at radius 2 is 0.824 bits per heavy atom. The lowest BCUT2D eigenvalue weighted by molar-refractivity contribution is 0.866. The SMILES string of the molecule is CCN(CC)c1ccc(/C=C/c2cc(C)c(/C=C/c3ccc(N(CC)CC)cc3)cc2C)cc1. The van der Waals surface area contributed by atoms with E-state index in [0.717, 1.165) is 26.2 Å². The predicted octanol–water partition coefficient (Wildman–Crippen LogP) is 8.34. The van der Waals surface area contributed by atoms with Crippen molar-refractivity contribution in [3.8, 4) is 0 Å². The monoisotopic (exact) mass is 452 g/mol. The Bertz CT molecular complexity index is 1010. The van der Waals surface area contributed by atoms with E-state index < -0.39 is 0 Å². The van der Waals surface area contributed by atoms with Gasteiger partial charge in [0.05, 0.1) is 0 Å². The Labute approximate surface area is 207 Å². The molecule has 3 aromatic carbocycles. The highest BCUT2D eigenvalue weighted by Gasteiger charge is 2.03. The third-order valence-electron chi connectivity index (χ3n) is 6.61. The number of anilines is 2. The summed E-state index contributed by atoms with van der Waals surface area (Å²) in [5.74, 6) is 0. The van der Waals surface area contributed by atoms with Crippen molar-refractivity contribution in [1.82, 2.24) is 0 Å². The van der Waals surface area contributed by atoms with Gasteiger partial charge < -0.3 is 9.80 Å². The standard InChI is InChI=1S/C32H40N2/c1-7-33(8-2)31-19-13-27(14-20-31)11-17-29-23-26(6)30(24-25(29)5)18-12-28-15-21-32(22-16-28)34(9-3)10-4/h11-24H,7-10H2,1-6H3/b17-11+,18-12+. The van der Waals surface area contributed by atoms with E-state index >= 15 is 0 Å². The predicted molar refractivity (Wildman–Crippen MR) is 154 cm³/mol. The molecule has 0 radical (unpaired) electrons. The maximum absolute atomic E-state index is 2.37. The van der Waals surface area contributed by atoms with E-state index in [1.165, 1.54) is 44.8 Å². The van der Waals surface area contributed by atoms with Crippen LogP contribution in [0.3, 0.4) is 0 Å². The minimum absolute atomic E-state index is 1.03. The lowest BCUT2D eigenvalue weighted by Gasteiger charge is -2.20. The van der Waals surface area contributed by atoms with Crippen molar-refractivity contribution >= 4 is 35.7 Å². The summed E-state index contributed by atoms with van der Waals surface area (Å²) in [6.45, 7) is 17.3. The summed E-state index contributed by atoms with van der Waals surface area (Å²) in [7, 11) is 0. The summed E-state index contributed by atoms with van der Waals surface area (Å²) in [4.78, 5) is 4.74. The van der Waals surface area contributed by atoms with Crippen molar-refractivity contribution in [3.63, 3.8) is 0 Å². The van der Waals surface area contributed by atoms with Crippen LogP contribution < -0.4 is 9.80 Å². The zero-order chi connectivity index (χ0) is 24.5. The van der Waals surface area contributed by atoms with E-state index in [0.29, 0.717) is 0 Å². The first-order valence-electron chi connectivity index (χ1n) is 12.7. The van der Waals surface area contributed by atoms with E-state index in [1.54, 1.807) is 0 Å². The molecule has 3 aromatic rings. The van der Waals surface area contributed by atoms with Crippen LogP contribution in [0.5, 0.6) is 0 Å². The van der Waals surface area contributed by atoms with Crippen molar-refractivity contribution in [3.05, 3.63) is 94.0 Å². The zero-order valence-corrected chi connectivity index (χ0v) is 21.8. The van der Waals surface area contributed by atoms with Crippen LogP contribution in [0.15, 0.2) is 60.7 Å². The molecule has 178 valence electrons. The summed E-state index contributed by atoms with van der Waals surface area (Å²) < 4.78 is 0. The molecule has 0 bridgehead atoms. The molecule has 2 nitrogen and oxygen atoms in total. The lowest BCUT2D eigenvalue weighted by atomic mass is 9.98. The number of rotatable bonds is 10. The van der Waals surface area contributed by atoms with E-state index in [9.17, 15) is 0 Å². The van der Waals surface area contributed by atoms with Gasteiger partial charge in [0.15, 0.2) is 0 Å². The summed E-state index contributed by atoms with van der Waals surface area (Å²) in [5.41, 5.74) is 10.1. The van der Waals surface area contributed by atoms with Crippen LogP contribution in [0.25, 0.3) is 24.3 Å². The summed E-state index contributed by atoms with van der Waals surface area (Å²) in [6, 6.07) is 22.3. The second-order valence-electron chi connectivity index (χ2n) is 8.76. The molecule has 0 N–H and O–H groups in total.